The highest BCUT2D eigenvalue weighted by Gasteiger charge is 2.16. The van der Waals surface area contributed by atoms with E-state index >= 15 is 0 Å². The van der Waals surface area contributed by atoms with Gasteiger partial charge >= 0.3 is 11.9 Å². The lowest BCUT2D eigenvalue weighted by Crippen LogP contribution is -2.21. The molecule has 0 amide bonds. The van der Waals surface area contributed by atoms with E-state index in [0.29, 0.717) is 12.8 Å². The van der Waals surface area contributed by atoms with Crippen LogP contribution < -0.4 is 0 Å². The highest BCUT2D eigenvalue weighted by Crippen LogP contribution is 2.14. The van der Waals surface area contributed by atoms with E-state index in [-0.39, 0.29) is 12.4 Å². The van der Waals surface area contributed by atoms with Crippen molar-refractivity contribution in [3.63, 3.8) is 0 Å². The monoisotopic (exact) mass is 370 g/mol. The first-order valence-corrected chi connectivity index (χ1v) is 11.0. The molecule has 0 aliphatic carbocycles. The summed E-state index contributed by atoms with van der Waals surface area (Å²) in [6.45, 7) is 4.22. The van der Waals surface area contributed by atoms with Gasteiger partial charge in [0.15, 0.2) is 0 Å². The summed E-state index contributed by atoms with van der Waals surface area (Å²) in [4.78, 5) is 22.6. The number of esters is 1. The predicted molar refractivity (Wildman–Crippen MR) is 107 cm³/mol. The molecule has 0 fully saturated rings. The number of ether oxygens (including phenoxy) is 1. The van der Waals surface area contributed by atoms with Crippen molar-refractivity contribution in [1.29, 1.82) is 0 Å². The van der Waals surface area contributed by atoms with Crippen LogP contribution in [0.2, 0.25) is 0 Å². The zero-order valence-electron chi connectivity index (χ0n) is 17.3. The topological polar surface area (TPSA) is 63.6 Å². The van der Waals surface area contributed by atoms with Crippen LogP contribution in [-0.2, 0) is 14.3 Å². The smallest absolute Gasteiger partial charge is 0.307 e. The highest BCUT2D eigenvalue weighted by molar-refractivity contribution is 5.71. The molecule has 1 N–H and O–H groups in total. The van der Waals surface area contributed by atoms with Gasteiger partial charge in [-0.2, -0.15) is 0 Å². The van der Waals surface area contributed by atoms with E-state index in [9.17, 15) is 9.59 Å². The number of unbranched alkanes of at least 4 members (excludes halogenated alkanes) is 12. The minimum absolute atomic E-state index is 0.0851. The molecule has 4 nitrogen and oxygen atoms in total. The van der Waals surface area contributed by atoms with E-state index in [1.165, 1.54) is 70.6 Å². The summed E-state index contributed by atoms with van der Waals surface area (Å²) in [6, 6.07) is 0. The van der Waals surface area contributed by atoms with Crippen LogP contribution in [0, 0.1) is 0 Å². The molecular formula is C22H42O4. The van der Waals surface area contributed by atoms with Gasteiger partial charge in [0.05, 0.1) is 6.42 Å². The van der Waals surface area contributed by atoms with Gasteiger partial charge in [0.25, 0.3) is 0 Å². The van der Waals surface area contributed by atoms with E-state index < -0.39 is 12.1 Å². The summed E-state index contributed by atoms with van der Waals surface area (Å²) < 4.78 is 5.29. The fraction of sp³-hybridized carbons (Fsp3) is 0.909. The minimum Gasteiger partial charge on any atom is -0.481 e. The van der Waals surface area contributed by atoms with Crippen molar-refractivity contribution in [1.82, 2.24) is 0 Å². The van der Waals surface area contributed by atoms with E-state index in [0.717, 1.165) is 19.3 Å². The minimum atomic E-state index is -0.905. The molecule has 0 heterocycles. The molecule has 0 aromatic heterocycles. The lowest BCUT2D eigenvalue weighted by Gasteiger charge is -2.15. The van der Waals surface area contributed by atoms with E-state index in [1.54, 1.807) is 0 Å². The summed E-state index contributed by atoms with van der Waals surface area (Å²) in [6.07, 6.45) is 17.9. The van der Waals surface area contributed by atoms with Crippen LogP contribution in [0.25, 0.3) is 0 Å². The van der Waals surface area contributed by atoms with Crippen molar-refractivity contribution < 1.29 is 19.4 Å². The van der Waals surface area contributed by atoms with Gasteiger partial charge in [0, 0.05) is 6.42 Å². The maximum absolute atomic E-state index is 11.8. The van der Waals surface area contributed by atoms with Crippen molar-refractivity contribution in [2.24, 2.45) is 0 Å². The molecule has 0 aromatic carbocycles. The van der Waals surface area contributed by atoms with E-state index in [1.807, 2.05) is 6.92 Å². The zero-order valence-corrected chi connectivity index (χ0v) is 17.3. The van der Waals surface area contributed by atoms with Crippen molar-refractivity contribution in [2.45, 2.75) is 129 Å². The number of carboxylic acid groups (broad SMARTS) is 1. The van der Waals surface area contributed by atoms with Gasteiger partial charge in [-0.1, -0.05) is 97.3 Å². The average molecular weight is 371 g/mol. The van der Waals surface area contributed by atoms with Gasteiger partial charge in [0.2, 0.25) is 0 Å². The van der Waals surface area contributed by atoms with Crippen LogP contribution in [-0.4, -0.2) is 23.1 Å². The normalized spacial score (nSPS) is 12.1. The summed E-state index contributed by atoms with van der Waals surface area (Å²) in [5, 5.41) is 8.83. The molecule has 0 bridgehead atoms. The highest BCUT2D eigenvalue weighted by atomic mass is 16.5. The van der Waals surface area contributed by atoms with Gasteiger partial charge in [-0.05, 0) is 12.8 Å². The molecule has 0 aromatic rings. The Hall–Kier alpha value is -1.06. The van der Waals surface area contributed by atoms with Crippen molar-refractivity contribution >= 4 is 11.9 Å². The Bertz CT molecular complexity index is 341. The van der Waals surface area contributed by atoms with Crippen LogP contribution in [0.5, 0.6) is 0 Å². The zero-order chi connectivity index (χ0) is 19.5. The standard InChI is InChI=1S/C22H42O4/c1-3-5-6-7-8-9-10-11-12-13-14-15-16-18-22(25)26-20(17-4-2)19-21(23)24/h20H,3-19H2,1-2H3,(H,23,24). The summed E-state index contributed by atoms with van der Waals surface area (Å²) in [7, 11) is 0. The molecule has 0 radical (unpaired) electrons. The Labute approximate surface area is 161 Å². The molecule has 0 saturated heterocycles. The lowest BCUT2D eigenvalue weighted by atomic mass is 10.0. The first-order chi connectivity index (χ1) is 12.6. The number of carboxylic acids is 1. The summed E-state index contributed by atoms with van der Waals surface area (Å²) in [5.41, 5.74) is 0. The molecular weight excluding hydrogens is 328 g/mol. The fourth-order valence-electron chi connectivity index (χ4n) is 3.25. The molecule has 0 spiro atoms. The molecule has 0 saturated carbocycles. The number of aliphatic carboxylic acids is 1. The van der Waals surface area contributed by atoms with Crippen molar-refractivity contribution in [2.75, 3.05) is 0 Å². The van der Waals surface area contributed by atoms with Gasteiger partial charge in [-0.3, -0.25) is 9.59 Å². The number of hydrogen-bond acceptors (Lipinski definition) is 3. The molecule has 26 heavy (non-hydrogen) atoms. The van der Waals surface area contributed by atoms with Crippen molar-refractivity contribution in [3.05, 3.63) is 0 Å². The van der Waals surface area contributed by atoms with E-state index in [2.05, 4.69) is 6.92 Å². The molecule has 154 valence electrons. The Morgan fingerprint density at radius 1 is 0.731 bits per heavy atom. The summed E-state index contributed by atoms with van der Waals surface area (Å²) >= 11 is 0. The Balaban J connectivity index is 3.43. The van der Waals surface area contributed by atoms with Crippen LogP contribution in [0.15, 0.2) is 0 Å². The van der Waals surface area contributed by atoms with Gasteiger partial charge in [0.1, 0.15) is 6.10 Å². The quantitative estimate of drug-likeness (QED) is 0.204. The molecule has 4 heteroatoms. The van der Waals surface area contributed by atoms with Crippen LogP contribution in [0.1, 0.15) is 123 Å². The second-order valence-electron chi connectivity index (χ2n) is 7.49. The van der Waals surface area contributed by atoms with Crippen LogP contribution >= 0.6 is 0 Å². The van der Waals surface area contributed by atoms with Crippen LogP contribution in [0.3, 0.4) is 0 Å². The molecule has 0 aliphatic rings. The maximum atomic E-state index is 11.8. The van der Waals surface area contributed by atoms with Gasteiger partial charge < -0.3 is 9.84 Å². The molecule has 1 atom stereocenters. The second kappa shape index (κ2) is 18.7. The number of carbonyl (C=O) groups is 2. The Morgan fingerprint density at radius 2 is 1.19 bits per heavy atom. The third-order valence-electron chi connectivity index (χ3n) is 4.80. The lowest BCUT2D eigenvalue weighted by molar-refractivity contribution is -0.153. The molecule has 0 rings (SSSR count). The SMILES string of the molecule is CCCCCCCCCCCCCCCC(=O)OC(CCC)CC(=O)O. The third kappa shape index (κ3) is 17.8. The third-order valence-corrected chi connectivity index (χ3v) is 4.80. The first kappa shape index (κ1) is 24.9. The number of carbonyl (C=O) groups excluding carboxylic acids is 1. The van der Waals surface area contributed by atoms with E-state index in [4.69, 9.17) is 9.84 Å². The Morgan fingerprint density at radius 3 is 1.62 bits per heavy atom. The first-order valence-electron chi connectivity index (χ1n) is 11.0. The van der Waals surface area contributed by atoms with Crippen molar-refractivity contribution in [3.8, 4) is 0 Å². The predicted octanol–water partition coefficient (Wildman–Crippen LogP) is 6.65. The number of hydrogen-bond donors (Lipinski definition) is 1. The Kier molecular flexibility index (Phi) is 18.0. The maximum Gasteiger partial charge on any atom is 0.307 e. The molecule has 1 unspecified atom stereocenters. The fourth-order valence-corrected chi connectivity index (χ4v) is 3.25. The number of rotatable bonds is 19. The van der Waals surface area contributed by atoms with Gasteiger partial charge in [-0.15, -0.1) is 0 Å². The van der Waals surface area contributed by atoms with Gasteiger partial charge in [-0.25, -0.2) is 0 Å². The largest absolute Gasteiger partial charge is 0.481 e. The second-order valence-corrected chi connectivity index (χ2v) is 7.49. The van der Waals surface area contributed by atoms with Crippen LogP contribution in [0.4, 0.5) is 0 Å². The molecule has 0 aliphatic heterocycles. The summed E-state index contributed by atoms with van der Waals surface area (Å²) in [5.74, 6) is -1.15. The average Bonchev–Trinajstić information content (AvgIpc) is 2.58.